The smallest absolute Gasteiger partial charge is 0.129 e. The van der Waals surface area contributed by atoms with Crippen LogP contribution in [0, 0.1) is 5.82 Å². The Morgan fingerprint density at radius 3 is 2.60 bits per heavy atom. The molecular weight excluding hydrogens is 255 g/mol. The topological polar surface area (TPSA) is 24.5 Å². The summed E-state index contributed by atoms with van der Waals surface area (Å²) < 4.78 is 20.1. The van der Waals surface area contributed by atoms with Gasteiger partial charge in [0.25, 0.3) is 0 Å². The Kier molecular flexibility index (Phi) is 3.15. The maximum atomic E-state index is 14.2. The molecule has 2 atom stereocenters. The number of hydrogen-bond donors (Lipinski definition) is 1. The molecular formula is C16H21FN2O. The van der Waals surface area contributed by atoms with Crippen molar-refractivity contribution in [2.75, 3.05) is 18.0 Å². The van der Waals surface area contributed by atoms with Crippen LogP contribution in [0.15, 0.2) is 18.2 Å². The van der Waals surface area contributed by atoms with Gasteiger partial charge in [-0.15, -0.1) is 0 Å². The van der Waals surface area contributed by atoms with Gasteiger partial charge in [-0.3, -0.25) is 0 Å². The number of hydrogen-bond acceptors (Lipinski definition) is 3. The van der Waals surface area contributed by atoms with Crippen LogP contribution in [-0.4, -0.2) is 31.3 Å². The Balaban J connectivity index is 1.57. The standard InChI is InChI=1S/C16H21FN2O/c17-15-2-1-3-16(14(15)8-18-11-4-5-11)19-9-12-6-7-13(10-19)20-12/h1-3,11-13,18H,4-10H2. The third-order valence-electron chi connectivity index (χ3n) is 4.62. The molecule has 0 aromatic heterocycles. The number of nitrogens with one attached hydrogen (secondary N) is 1. The van der Waals surface area contributed by atoms with Crippen molar-refractivity contribution < 1.29 is 9.13 Å². The van der Waals surface area contributed by atoms with Gasteiger partial charge in [-0.25, -0.2) is 4.39 Å². The lowest BCUT2D eigenvalue weighted by Crippen LogP contribution is -2.43. The lowest BCUT2D eigenvalue weighted by atomic mass is 10.1. The fourth-order valence-corrected chi connectivity index (χ4v) is 3.36. The Bertz CT molecular complexity index is 491. The summed E-state index contributed by atoms with van der Waals surface area (Å²) in [5.74, 6) is -0.0884. The number of anilines is 1. The molecule has 0 spiro atoms. The van der Waals surface area contributed by atoms with Gasteiger partial charge in [0.2, 0.25) is 0 Å². The zero-order chi connectivity index (χ0) is 13.5. The van der Waals surface area contributed by atoms with E-state index in [1.54, 1.807) is 6.07 Å². The van der Waals surface area contributed by atoms with E-state index in [-0.39, 0.29) is 5.82 Å². The molecule has 2 saturated heterocycles. The summed E-state index contributed by atoms with van der Waals surface area (Å²) in [6.45, 7) is 2.44. The monoisotopic (exact) mass is 276 g/mol. The Labute approximate surface area is 119 Å². The number of fused-ring (bicyclic) bond motifs is 2. The Morgan fingerprint density at radius 1 is 1.15 bits per heavy atom. The highest BCUT2D eigenvalue weighted by atomic mass is 19.1. The largest absolute Gasteiger partial charge is 0.371 e. The van der Waals surface area contributed by atoms with E-state index in [0.717, 1.165) is 37.2 Å². The maximum absolute atomic E-state index is 14.2. The van der Waals surface area contributed by atoms with Gasteiger partial charge >= 0.3 is 0 Å². The summed E-state index contributed by atoms with van der Waals surface area (Å²) in [5, 5.41) is 3.43. The highest BCUT2D eigenvalue weighted by molar-refractivity contribution is 5.55. The second-order valence-corrected chi connectivity index (χ2v) is 6.26. The average molecular weight is 276 g/mol. The second kappa shape index (κ2) is 5.01. The minimum absolute atomic E-state index is 0.0884. The van der Waals surface area contributed by atoms with Crippen molar-refractivity contribution in [3.8, 4) is 0 Å². The predicted octanol–water partition coefficient (Wildman–Crippen LogP) is 2.45. The van der Waals surface area contributed by atoms with Crippen LogP contribution in [0.3, 0.4) is 0 Å². The zero-order valence-electron chi connectivity index (χ0n) is 11.6. The molecule has 0 radical (unpaired) electrons. The van der Waals surface area contributed by atoms with Crippen LogP contribution >= 0.6 is 0 Å². The zero-order valence-corrected chi connectivity index (χ0v) is 11.6. The molecule has 108 valence electrons. The van der Waals surface area contributed by atoms with E-state index in [2.05, 4.69) is 16.3 Å². The maximum Gasteiger partial charge on any atom is 0.129 e. The van der Waals surface area contributed by atoms with Gasteiger partial charge in [-0.2, -0.15) is 0 Å². The van der Waals surface area contributed by atoms with E-state index in [1.165, 1.54) is 12.8 Å². The molecule has 3 nitrogen and oxygen atoms in total. The molecule has 3 fully saturated rings. The van der Waals surface area contributed by atoms with Crippen molar-refractivity contribution in [2.45, 2.75) is 50.5 Å². The number of benzene rings is 1. The highest BCUT2D eigenvalue weighted by Gasteiger charge is 2.34. The molecule has 0 amide bonds. The van der Waals surface area contributed by atoms with Crippen molar-refractivity contribution in [2.24, 2.45) is 0 Å². The van der Waals surface area contributed by atoms with Crippen molar-refractivity contribution in [3.05, 3.63) is 29.6 Å². The Hall–Kier alpha value is -1.13. The van der Waals surface area contributed by atoms with E-state index in [9.17, 15) is 4.39 Å². The fraction of sp³-hybridized carbons (Fsp3) is 0.625. The molecule has 2 bridgehead atoms. The quantitative estimate of drug-likeness (QED) is 0.914. The van der Waals surface area contributed by atoms with Gasteiger partial charge in [0.1, 0.15) is 5.82 Å². The first-order chi connectivity index (χ1) is 9.79. The molecule has 2 aliphatic heterocycles. The average Bonchev–Trinajstić information content (AvgIpc) is 3.22. The summed E-state index contributed by atoms with van der Waals surface area (Å²) in [5.41, 5.74) is 1.87. The fourth-order valence-electron chi connectivity index (χ4n) is 3.36. The third-order valence-corrected chi connectivity index (χ3v) is 4.62. The normalized spacial score (nSPS) is 28.9. The number of nitrogens with zero attached hydrogens (tertiary/aromatic N) is 1. The van der Waals surface area contributed by atoms with Crippen LogP contribution in [0.5, 0.6) is 0 Å². The van der Waals surface area contributed by atoms with Crippen molar-refractivity contribution in [3.63, 3.8) is 0 Å². The highest BCUT2D eigenvalue weighted by Crippen LogP contribution is 2.32. The molecule has 1 aliphatic carbocycles. The first kappa shape index (κ1) is 12.6. The molecule has 3 aliphatic rings. The summed E-state index contributed by atoms with van der Waals surface area (Å²) in [4.78, 5) is 2.32. The number of rotatable bonds is 4. The minimum atomic E-state index is -0.0884. The molecule has 1 N–H and O–H groups in total. The van der Waals surface area contributed by atoms with E-state index in [1.807, 2.05) is 6.07 Å². The van der Waals surface area contributed by atoms with Crippen LogP contribution in [0.1, 0.15) is 31.2 Å². The minimum Gasteiger partial charge on any atom is -0.371 e. The van der Waals surface area contributed by atoms with E-state index < -0.39 is 0 Å². The van der Waals surface area contributed by atoms with Crippen LogP contribution in [-0.2, 0) is 11.3 Å². The molecule has 4 heteroatoms. The van der Waals surface area contributed by atoms with Crippen molar-refractivity contribution in [1.29, 1.82) is 0 Å². The molecule has 4 rings (SSSR count). The second-order valence-electron chi connectivity index (χ2n) is 6.26. The summed E-state index contributed by atoms with van der Waals surface area (Å²) in [6, 6.07) is 6.05. The predicted molar refractivity (Wildman–Crippen MR) is 76.4 cm³/mol. The molecule has 2 unspecified atom stereocenters. The molecule has 1 aromatic rings. The van der Waals surface area contributed by atoms with Gasteiger partial charge in [-0.05, 0) is 37.8 Å². The van der Waals surface area contributed by atoms with Gasteiger partial charge in [0.05, 0.1) is 12.2 Å². The number of ether oxygens (including phenoxy) is 1. The van der Waals surface area contributed by atoms with Crippen molar-refractivity contribution >= 4 is 5.69 Å². The van der Waals surface area contributed by atoms with Crippen molar-refractivity contribution in [1.82, 2.24) is 5.32 Å². The van der Waals surface area contributed by atoms with E-state index in [4.69, 9.17) is 4.74 Å². The van der Waals surface area contributed by atoms with E-state index >= 15 is 0 Å². The van der Waals surface area contributed by atoms with Crippen LogP contribution in [0.25, 0.3) is 0 Å². The van der Waals surface area contributed by atoms with Gasteiger partial charge < -0.3 is 15.0 Å². The molecule has 1 aromatic carbocycles. The summed E-state index contributed by atoms with van der Waals surface area (Å²) in [6.07, 6.45) is 5.41. The SMILES string of the molecule is Fc1cccc(N2CC3CCC(C2)O3)c1CNC1CC1. The van der Waals surface area contributed by atoms with Crippen LogP contribution < -0.4 is 10.2 Å². The lowest BCUT2D eigenvalue weighted by molar-refractivity contribution is 0.0304. The number of halogens is 1. The Morgan fingerprint density at radius 2 is 1.90 bits per heavy atom. The van der Waals surface area contributed by atoms with E-state index in [0.29, 0.717) is 24.8 Å². The molecule has 20 heavy (non-hydrogen) atoms. The third kappa shape index (κ3) is 2.42. The first-order valence-electron chi connectivity index (χ1n) is 7.71. The van der Waals surface area contributed by atoms with Gasteiger partial charge in [0, 0.05) is 36.9 Å². The molecule has 1 saturated carbocycles. The first-order valence-corrected chi connectivity index (χ1v) is 7.71. The lowest BCUT2D eigenvalue weighted by Gasteiger charge is -2.35. The summed E-state index contributed by atoms with van der Waals surface area (Å²) in [7, 11) is 0. The number of morpholine rings is 1. The van der Waals surface area contributed by atoms with Gasteiger partial charge in [-0.1, -0.05) is 6.07 Å². The van der Waals surface area contributed by atoms with Crippen LogP contribution in [0.4, 0.5) is 10.1 Å². The van der Waals surface area contributed by atoms with Gasteiger partial charge in [0.15, 0.2) is 0 Å². The summed E-state index contributed by atoms with van der Waals surface area (Å²) >= 11 is 0. The molecule has 2 heterocycles. The van der Waals surface area contributed by atoms with Crippen LogP contribution in [0.2, 0.25) is 0 Å².